The molecular formula is C10H13N5O3. The van der Waals surface area contributed by atoms with E-state index in [0.717, 1.165) is 0 Å². The lowest BCUT2D eigenvalue weighted by Crippen LogP contribution is -2.32. The molecule has 8 heteroatoms. The minimum absolute atomic E-state index is 0.0649. The number of fused-ring (bicyclic) bond motifs is 1. The Morgan fingerprint density at radius 1 is 1.28 bits per heavy atom. The van der Waals surface area contributed by atoms with Crippen LogP contribution in [0, 0.1) is 5.92 Å². The highest BCUT2D eigenvalue weighted by Crippen LogP contribution is 2.21. The Kier molecular flexibility index (Phi) is 2.53. The monoisotopic (exact) mass is 251 g/mol. The number of aromatic nitrogens is 4. The van der Waals surface area contributed by atoms with Crippen LogP contribution in [0.4, 0.5) is 0 Å². The molecule has 2 aromatic rings. The van der Waals surface area contributed by atoms with Crippen LogP contribution in [0.5, 0.6) is 5.88 Å². The molecule has 8 nitrogen and oxygen atoms in total. The van der Waals surface area contributed by atoms with Gasteiger partial charge < -0.3 is 20.3 Å². The Bertz CT molecular complexity index is 572. The molecule has 96 valence electrons. The van der Waals surface area contributed by atoms with E-state index < -0.39 is 6.10 Å². The van der Waals surface area contributed by atoms with Crippen molar-refractivity contribution in [2.75, 3.05) is 24.7 Å². The van der Waals surface area contributed by atoms with Gasteiger partial charge in [0, 0.05) is 12.5 Å². The predicted octanol–water partition coefficient (Wildman–Crippen LogP) is -1.55. The summed E-state index contributed by atoms with van der Waals surface area (Å²) in [5.41, 5.74) is 0.799. The maximum absolute atomic E-state index is 9.77. The average molecular weight is 251 g/mol. The summed E-state index contributed by atoms with van der Waals surface area (Å²) in [6.45, 7) is 0.833. The minimum atomic E-state index is -0.581. The summed E-state index contributed by atoms with van der Waals surface area (Å²) in [5.74, 6) is -0.352. The van der Waals surface area contributed by atoms with Crippen LogP contribution >= 0.6 is 0 Å². The van der Waals surface area contributed by atoms with Crippen molar-refractivity contribution in [1.82, 2.24) is 19.6 Å². The van der Waals surface area contributed by atoms with E-state index in [4.69, 9.17) is 5.11 Å². The molecule has 1 fully saturated rings. The van der Waals surface area contributed by atoms with E-state index in [-0.39, 0.29) is 18.4 Å². The van der Waals surface area contributed by atoms with Crippen molar-refractivity contribution in [2.24, 2.45) is 5.92 Å². The first kappa shape index (κ1) is 11.2. The maximum atomic E-state index is 9.77. The van der Waals surface area contributed by atoms with Gasteiger partial charge in [0.05, 0.1) is 19.3 Å². The number of aromatic hydroxyl groups is 1. The zero-order valence-corrected chi connectivity index (χ0v) is 9.51. The second kappa shape index (κ2) is 4.07. The normalized spacial score (nSPS) is 24.0. The van der Waals surface area contributed by atoms with Crippen LogP contribution in [0.25, 0.3) is 11.2 Å². The lowest BCUT2D eigenvalue weighted by Gasteiger charge is -2.19. The predicted molar refractivity (Wildman–Crippen MR) is 61.5 cm³/mol. The molecule has 3 N–H and O–H groups in total. The Morgan fingerprint density at radius 2 is 2.11 bits per heavy atom. The van der Waals surface area contributed by atoms with Gasteiger partial charge in [-0.05, 0) is 0 Å². The largest absolute Gasteiger partial charge is 0.492 e. The van der Waals surface area contributed by atoms with E-state index in [0.29, 0.717) is 24.3 Å². The number of imidazole rings is 1. The van der Waals surface area contributed by atoms with Crippen molar-refractivity contribution in [3.8, 4) is 5.88 Å². The molecule has 0 bridgehead atoms. The first-order valence-corrected chi connectivity index (χ1v) is 5.62. The number of aliphatic hydroxyl groups is 2. The first-order chi connectivity index (χ1) is 8.70. The van der Waals surface area contributed by atoms with Crippen LogP contribution < -0.4 is 5.01 Å². The summed E-state index contributed by atoms with van der Waals surface area (Å²) in [7, 11) is 0. The van der Waals surface area contributed by atoms with Gasteiger partial charge in [0.2, 0.25) is 5.88 Å². The van der Waals surface area contributed by atoms with Gasteiger partial charge in [-0.2, -0.15) is 4.98 Å². The zero-order valence-electron chi connectivity index (χ0n) is 9.51. The fraction of sp³-hybridized carbons (Fsp3) is 0.500. The smallest absolute Gasteiger partial charge is 0.243 e. The molecule has 18 heavy (non-hydrogen) atoms. The van der Waals surface area contributed by atoms with E-state index in [9.17, 15) is 10.2 Å². The van der Waals surface area contributed by atoms with Crippen LogP contribution in [-0.2, 0) is 0 Å². The molecule has 1 saturated heterocycles. The van der Waals surface area contributed by atoms with Gasteiger partial charge in [0.25, 0.3) is 0 Å². The summed E-state index contributed by atoms with van der Waals surface area (Å²) in [5, 5.41) is 30.3. The summed E-state index contributed by atoms with van der Waals surface area (Å²) < 4.78 is 1.66. The molecule has 0 radical (unpaired) electrons. The highest BCUT2D eigenvalue weighted by molar-refractivity contribution is 5.75. The van der Waals surface area contributed by atoms with Crippen molar-refractivity contribution in [3.05, 3.63) is 12.7 Å². The van der Waals surface area contributed by atoms with E-state index in [1.54, 1.807) is 4.68 Å². The van der Waals surface area contributed by atoms with Gasteiger partial charge in [-0.25, -0.2) is 14.6 Å². The first-order valence-electron chi connectivity index (χ1n) is 5.62. The number of β-amino-alcohol motifs (C(OH)–C–C–N with tert-alkyl or cyclic N) is 1. The number of hydrogen-bond acceptors (Lipinski definition) is 7. The van der Waals surface area contributed by atoms with Gasteiger partial charge in [-0.1, -0.05) is 0 Å². The second-order valence-corrected chi connectivity index (χ2v) is 4.34. The standard InChI is InChI=1S/C10H13N5O3/c16-3-6-1-14(2-7(6)17)15-5-13-8-9(15)11-4-12-10(8)18/h4-7,16-17H,1-3H2,(H,11,12,18)/t6-,7-/m0/s1. The lowest BCUT2D eigenvalue weighted by molar-refractivity contribution is 0.104. The van der Waals surface area contributed by atoms with Gasteiger partial charge in [0.1, 0.15) is 12.7 Å². The Hall–Kier alpha value is -1.93. The molecule has 2 atom stereocenters. The third-order valence-electron chi connectivity index (χ3n) is 3.22. The number of nitrogens with zero attached hydrogens (tertiary/aromatic N) is 5. The molecule has 0 spiro atoms. The molecule has 0 aliphatic carbocycles. The van der Waals surface area contributed by atoms with Crippen molar-refractivity contribution >= 4 is 11.2 Å². The average Bonchev–Trinajstić information content (AvgIpc) is 2.93. The minimum Gasteiger partial charge on any atom is -0.492 e. The van der Waals surface area contributed by atoms with Crippen LogP contribution in [0.3, 0.4) is 0 Å². The zero-order chi connectivity index (χ0) is 12.7. The molecule has 3 heterocycles. The maximum Gasteiger partial charge on any atom is 0.243 e. The molecule has 0 unspecified atom stereocenters. The van der Waals surface area contributed by atoms with Crippen LogP contribution in [-0.4, -0.2) is 60.7 Å². The molecule has 0 saturated carbocycles. The van der Waals surface area contributed by atoms with Crippen molar-refractivity contribution < 1.29 is 15.3 Å². The van der Waals surface area contributed by atoms with Crippen LogP contribution in [0.15, 0.2) is 12.7 Å². The molecule has 1 aliphatic rings. The van der Waals surface area contributed by atoms with Crippen molar-refractivity contribution in [1.29, 1.82) is 0 Å². The summed E-state index contributed by atoms with van der Waals surface area (Å²) >= 11 is 0. The Labute approximate surface area is 102 Å². The van der Waals surface area contributed by atoms with Gasteiger partial charge in [-0.15, -0.1) is 0 Å². The number of hydrogen-bond donors (Lipinski definition) is 3. The summed E-state index contributed by atoms with van der Waals surface area (Å²) in [6.07, 6.45) is 2.19. The third-order valence-corrected chi connectivity index (χ3v) is 3.22. The molecule has 2 aromatic heterocycles. The fourth-order valence-electron chi connectivity index (χ4n) is 2.20. The molecular weight excluding hydrogens is 238 g/mol. The highest BCUT2D eigenvalue weighted by Gasteiger charge is 2.32. The number of aliphatic hydroxyl groups excluding tert-OH is 2. The van der Waals surface area contributed by atoms with E-state index >= 15 is 0 Å². The van der Waals surface area contributed by atoms with E-state index in [1.807, 2.05) is 5.01 Å². The van der Waals surface area contributed by atoms with Crippen molar-refractivity contribution in [2.45, 2.75) is 6.10 Å². The number of rotatable bonds is 2. The SMILES string of the molecule is OC[C@@H]1CN(n2cnc3c(O)ncnc32)C[C@@H]1O. The van der Waals surface area contributed by atoms with Gasteiger partial charge in [0.15, 0.2) is 11.2 Å². The lowest BCUT2D eigenvalue weighted by atomic mass is 10.1. The Balaban J connectivity index is 1.99. The molecule has 0 aromatic carbocycles. The van der Waals surface area contributed by atoms with Crippen LogP contribution in [0.2, 0.25) is 0 Å². The fourth-order valence-corrected chi connectivity index (χ4v) is 2.20. The second-order valence-electron chi connectivity index (χ2n) is 4.34. The van der Waals surface area contributed by atoms with E-state index in [2.05, 4.69) is 15.0 Å². The van der Waals surface area contributed by atoms with Gasteiger partial charge >= 0.3 is 0 Å². The van der Waals surface area contributed by atoms with E-state index in [1.165, 1.54) is 12.7 Å². The summed E-state index contributed by atoms with van der Waals surface area (Å²) in [6, 6.07) is 0. The highest BCUT2D eigenvalue weighted by atomic mass is 16.3. The third kappa shape index (κ3) is 1.57. The Morgan fingerprint density at radius 3 is 2.83 bits per heavy atom. The van der Waals surface area contributed by atoms with Gasteiger partial charge in [-0.3, -0.25) is 0 Å². The molecule has 0 amide bonds. The molecule has 1 aliphatic heterocycles. The summed E-state index contributed by atoms with van der Waals surface area (Å²) in [4.78, 5) is 11.8. The topological polar surface area (TPSA) is 108 Å². The quantitative estimate of drug-likeness (QED) is 0.593. The van der Waals surface area contributed by atoms with Crippen LogP contribution in [0.1, 0.15) is 0 Å². The molecule has 3 rings (SSSR count). The van der Waals surface area contributed by atoms with Crippen molar-refractivity contribution in [3.63, 3.8) is 0 Å².